The molecule has 0 spiro atoms. The predicted octanol–water partition coefficient (Wildman–Crippen LogP) is 4.36. The second-order valence-electron chi connectivity index (χ2n) is 6.13. The number of halogens is 2. The van der Waals surface area contributed by atoms with Crippen molar-refractivity contribution in [3.63, 3.8) is 0 Å². The molecule has 0 saturated carbocycles. The lowest BCUT2D eigenvalue weighted by molar-refractivity contribution is 0.100. The fourth-order valence-corrected chi connectivity index (χ4v) is 2.44. The van der Waals surface area contributed by atoms with E-state index in [2.05, 4.69) is 39.6 Å². The summed E-state index contributed by atoms with van der Waals surface area (Å²) in [6.45, 7) is 9.47. The summed E-state index contributed by atoms with van der Waals surface area (Å²) in [4.78, 5) is 2.31. The van der Waals surface area contributed by atoms with Gasteiger partial charge in [-0.15, -0.1) is 0 Å². The second-order valence-corrected chi connectivity index (χ2v) is 6.95. The van der Waals surface area contributed by atoms with Gasteiger partial charge in [0.25, 0.3) is 0 Å². The summed E-state index contributed by atoms with van der Waals surface area (Å²) in [7, 11) is 2.11. The summed E-state index contributed by atoms with van der Waals surface area (Å²) in [6.07, 6.45) is 0. The molecule has 0 heterocycles. The highest BCUT2D eigenvalue weighted by Gasteiger charge is 2.28. The predicted molar refractivity (Wildman–Crippen MR) is 84.9 cm³/mol. The Morgan fingerprint density at radius 3 is 2.21 bits per heavy atom. The number of rotatable bonds is 4. The van der Waals surface area contributed by atoms with Crippen LogP contribution in [0, 0.1) is 5.41 Å². The van der Waals surface area contributed by atoms with E-state index in [1.807, 2.05) is 18.2 Å². The van der Waals surface area contributed by atoms with Crippen LogP contribution in [0.2, 0.25) is 10.0 Å². The van der Waals surface area contributed by atoms with Gasteiger partial charge in [-0.2, -0.15) is 0 Å². The fraction of sp³-hybridized carbons (Fsp3) is 0.600. The second kappa shape index (κ2) is 6.45. The van der Waals surface area contributed by atoms with Gasteiger partial charge in [0.15, 0.2) is 0 Å². The van der Waals surface area contributed by atoms with Crippen molar-refractivity contribution in [1.29, 1.82) is 0 Å². The summed E-state index contributed by atoms with van der Waals surface area (Å²) in [5.74, 6) is 0. The summed E-state index contributed by atoms with van der Waals surface area (Å²) in [6, 6.07) is 6.28. The summed E-state index contributed by atoms with van der Waals surface area (Å²) in [5.41, 5.74) is 7.26. The van der Waals surface area contributed by atoms with Gasteiger partial charge in [-0.25, -0.2) is 0 Å². The average molecular weight is 303 g/mol. The van der Waals surface area contributed by atoms with E-state index in [9.17, 15) is 0 Å². The van der Waals surface area contributed by atoms with Gasteiger partial charge in [-0.3, -0.25) is 4.90 Å². The Balaban J connectivity index is 3.03. The van der Waals surface area contributed by atoms with Crippen molar-refractivity contribution in [3.8, 4) is 0 Å². The van der Waals surface area contributed by atoms with Crippen LogP contribution >= 0.6 is 23.2 Å². The maximum atomic E-state index is 6.10. The van der Waals surface area contributed by atoms with Crippen molar-refractivity contribution in [2.24, 2.45) is 11.1 Å². The van der Waals surface area contributed by atoms with E-state index in [1.165, 1.54) is 0 Å². The van der Waals surface area contributed by atoms with Gasteiger partial charge in [0.2, 0.25) is 0 Å². The molecule has 2 atom stereocenters. The molecule has 0 fully saturated rings. The van der Waals surface area contributed by atoms with E-state index in [4.69, 9.17) is 28.9 Å². The van der Waals surface area contributed by atoms with E-state index < -0.39 is 0 Å². The van der Waals surface area contributed by atoms with Crippen molar-refractivity contribution >= 4 is 23.2 Å². The van der Waals surface area contributed by atoms with E-state index in [-0.39, 0.29) is 11.5 Å². The highest BCUT2D eigenvalue weighted by atomic mass is 35.5. The molecule has 0 aromatic heterocycles. The highest BCUT2D eigenvalue weighted by molar-refractivity contribution is 6.42. The monoisotopic (exact) mass is 302 g/mol. The van der Waals surface area contributed by atoms with Crippen molar-refractivity contribution in [2.75, 3.05) is 13.6 Å². The molecule has 108 valence electrons. The van der Waals surface area contributed by atoms with Gasteiger partial charge in [0, 0.05) is 18.6 Å². The molecular weight excluding hydrogens is 279 g/mol. The van der Waals surface area contributed by atoms with Crippen molar-refractivity contribution in [3.05, 3.63) is 33.8 Å². The smallest absolute Gasteiger partial charge is 0.0595 e. The van der Waals surface area contributed by atoms with Crippen LogP contribution < -0.4 is 5.73 Å². The van der Waals surface area contributed by atoms with Crippen LogP contribution in [0.5, 0.6) is 0 Å². The maximum Gasteiger partial charge on any atom is 0.0595 e. The standard InChI is InChI=1S/C15H24Cl2N2/c1-10(15(2,3)4)19(5)14(9-18)11-6-7-12(16)13(17)8-11/h6-8,10,14H,9,18H2,1-5H3. The normalized spacial score (nSPS) is 15.6. The molecule has 0 aliphatic rings. The zero-order valence-electron chi connectivity index (χ0n) is 12.4. The van der Waals surface area contributed by atoms with Crippen LogP contribution in [-0.2, 0) is 0 Å². The Morgan fingerprint density at radius 1 is 1.21 bits per heavy atom. The van der Waals surface area contributed by atoms with Crippen LogP contribution in [0.4, 0.5) is 0 Å². The average Bonchev–Trinajstić information content (AvgIpc) is 2.32. The lowest BCUT2D eigenvalue weighted by Crippen LogP contribution is -2.43. The van der Waals surface area contributed by atoms with Gasteiger partial charge in [0.1, 0.15) is 0 Å². The summed E-state index contributed by atoms with van der Waals surface area (Å²) >= 11 is 12.1. The molecule has 0 radical (unpaired) electrons. The molecule has 1 aromatic carbocycles. The molecule has 0 aliphatic heterocycles. The molecule has 2 nitrogen and oxygen atoms in total. The van der Waals surface area contributed by atoms with Crippen LogP contribution in [-0.4, -0.2) is 24.5 Å². The minimum absolute atomic E-state index is 0.143. The lowest BCUT2D eigenvalue weighted by Gasteiger charge is -2.40. The first kappa shape index (κ1) is 16.8. The third-order valence-electron chi connectivity index (χ3n) is 3.91. The Kier molecular flexibility index (Phi) is 5.69. The van der Waals surface area contributed by atoms with Gasteiger partial charge in [-0.1, -0.05) is 50.0 Å². The first-order chi connectivity index (χ1) is 8.68. The third-order valence-corrected chi connectivity index (χ3v) is 4.65. The van der Waals surface area contributed by atoms with Gasteiger partial charge in [0.05, 0.1) is 10.0 Å². The van der Waals surface area contributed by atoms with Gasteiger partial charge >= 0.3 is 0 Å². The molecular formula is C15H24Cl2N2. The van der Waals surface area contributed by atoms with E-state index in [0.29, 0.717) is 22.6 Å². The zero-order valence-corrected chi connectivity index (χ0v) is 13.9. The zero-order chi connectivity index (χ0) is 14.8. The Bertz CT molecular complexity index is 427. The molecule has 1 aromatic rings. The number of nitrogens with two attached hydrogens (primary N) is 1. The number of nitrogens with zero attached hydrogens (tertiary/aromatic N) is 1. The number of hydrogen-bond donors (Lipinski definition) is 1. The summed E-state index contributed by atoms with van der Waals surface area (Å²) in [5, 5.41) is 1.15. The van der Waals surface area contributed by atoms with E-state index in [1.54, 1.807) is 0 Å². The first-order valence-corrected chi connectivity index (χ1v) is 7.31. The molecule has 2 unspecified atom stereocenters. The Hall–Kier alpha value is -0.280. The molecule has 19 heavy (non-hydrogen) atoms. The van der Waals surface area contributed by atoms with Gasteiger partial charge in [-0.05, 0) is 37.1 Å². The third kappa shape index (κ3) is 4.09. The molecule has 0 saturated heterocycles. The maximum absolute atomic E-state index is 6.10. The molecule has 1 rings (SSSR count). The van der Waals surface area contributed by atoms with Crippen molar-refractivity contribution in [1.82, 2.24) is 4.90 Å². The molecule has 0 bridgehead atoms. The SMILES string of the molecule is CC(N(C)C(CN)c1ccc(Cl)c(Cl)c1)C(C)(C)C. The largest absolute Gasteiger partial charge is 0.329 e. The lowest BCUT2D eigenvalue weighted by atomic mass is 9.86. The highest BCUT2D eigenvalue weighted by Crippen LogP contribution is 2.32. The number of hydrogen-bond acceptors (Lipinski definition) is 2. The topological polar surface area (TPSA) is 29.3 Å². The quantitative estimate of drug-likeness (QED) is 0.895. The number of likely N-dealkylation sites (N-methyl/N-ethyl adjacent to an activating group) is 1. The van der Waals surface area contributed by atoms with E-state index in [0.717, 1.165) is 5.56 Å². The minimum atomic E-state index is 0.143. The Morgan fingerprint density at radius 2 is 1.79 bits per heavy atom. The molecule has 0 amide bonds. The van der Waals surface area contributed by atoms with Crippen LogP contribution in [0.25, 0.3) is 0 Å². The first-order valence-electron chi connectivity index (χ1n) is 6.55. The molecule has 4 heteroatoms. The molecule has 0 aliphatic carbocycles. The fourth-order valence-electron chi connectivity index (χ4n) is 2.14. The minimum Gasteiger partial charge on any atom is -0.329 e. The summed E-state index contributed by atoms with van der Waals surface area (Å²) < 4.78 is 0. The van der Waals surface area contributed by atoms with Crippen molar-refractivity contribution < 1.29 is 0 Å². The van der Waals surface area contributed by atoms with Crippen molar-refractivity contribution in [2.45, 2.75) is 39.8 Å². The van der Waals surface area contributed by atoms with Gasteiger partial charge < -0.3 is 5.73 Å². The number of benzene rings is 1. The Labute approximate surface area is 126 Å². The van der Waals surface area contributed by atoms with E-state index >= 15 is 0 Å². The molecule has 2 N–H and O–H groups in total. The van der Waals surface area contributed by atoms with Crippen LogP contribution in [0.3, 0.4) is 0 Å². The van der Waals surface area contributed by atoms with Crippen LogP contribution in [0.15, 0.2) is 18.2 Å². The van der Waals surface area contributed by atoms with Crippen LogP contribution in [0.1, 0.15) is 39.3 Å².